The number of halogens is 2. The van der Waals surface area contributed by atoms with Crippen molar-refractivity contribution < 1.29 is 13.9 Å². The molecule has 1 aromatic carbocycles. The van der Waals surface area contributed by atoms with Gasteiger partial charge in [0.25, 0.3) is 0 Å². The van der Waals surface area contributed by atoms with E-state index in [-0.39, 0.29) is 11.6 Å². The van der Waals surface area contributed by atoms with Crippen molar-refractivity contribution in [3.8, 4) is 0 Å². The lowest BCUT2D eigenvalue weighted by Crippen LogP contribution is -2.24. The van der Waals surface area contributed by atoms with Gasteiger partial charge in [0.15, 0.2) is 11.6 Å². The fourth-order valence-electron chi connectivity index (χ4n) is 2.20. The van der Waals surface area contributed by atoms with Gasteiger partial charge >= 0.3 is 0 Å². The van der Waals surface area contributed by atoms with E-state index in [0.717, 1.165) is 6.07 Å². The first-order chi connectivity index (χ1) is 10.0. The number of hydrogen-bond acceptors (Lipinski definition) is 3. The van der Waals surface area contributed by atoms with Gasteiger partial charge in [-0.15, -0.1) is 11.3 Å². The molecule has 1 aromatic heterocycles. The zero-order valence-electron chi connectivity index (χ0n) is 12.1. The van der Waals surface area contributed by atoms with Crippen LogP contribution in [0.3, 0.4) is 0 Å². The lowest BCUT2D eigenvalue weighted by atomic mass is 10.1. The standard InChI is InChI=1S/C16H19F2NOS/c1-11(15-7-4-10-21-15)19(2)9-8-14(20)12-5-3-6-13(17)16(12)18/h3-7,10-11,14,20H,8-9H2,1-2H3. The van der Waals surface area contributed by atoms with Crippen LogP contribution in [0.15, 0.2) is 35.7 Å². The second-order valence-electron chi connectivity index (χ2n) is 5.12. The average Bonchev–Trinajstić information content (AvgIpc) is 3.00. The van der Waals surface area contributed by atoms with E-state index in [1.165, 1.54) is 17.0 Å². The normalized spacial score (nSPS) is 14.4. The van der Waals surface area contributed by atoms with Crippen LogP contribution in [0.2, 0.25) is 0 Å². The number of hydrogen-bond donors (Lipinski definition) is 1. The van der Waals surface area contributed by atoms with E-state index >= 15 is 0 Å². The van der Waals surface area contributed by atoms with Crippen molar-refractivity contribution in [3.05, 3.63) is 57.8 Å². The first kappa shape index (κ1) is 16.1. The maximum absolute atomic E-state index is 13.6. The maximum atomic E-state index is 13.6. The van der Waals surface area contributed by atoms with Gasteiger partial charge < -0.3 is 5.11 Å². The van der Waals surface area contributed by atoms with Crippen molar-refractivity contribution in [1.29, 1.82) is 0 Å². The molecule has 0 saturated heterocycles. The lowest BCUT2D eigenvalue weighted by Gasteiger charge is -2.25. The van der Waals surface area contributed by atoms with E-state index < -0.39 is 17.7 Å². The number of aliphatic hydroxyl groups is 1. The van der Waals surface area contributed by atoms with Crippen molar-refractivity contribution in [2.24, 2.45) is 0 Å². The first-order valence-electron chi connectivity index (χ1n) is 6.86. The molecule has 1 N–H and O–H groups in total. The summed E-state index contributed by atoms with van der Waals surface area (Å²) in [6.07, 6.45) is -0.647. The molecular formula is C16H19F2NOS. The summed E-state index contributed by atoms with van der Waals surface area (Å²) in [4.78, 5) is 3.33. The molecule has 2 nitrogen and oxygen atoms in total. The van der Waals surface area contributed by atoms with Gasteiger partial charge in [0, 0.05) is 23.0 Å². The summed E-state index contributed by atoms with van der Waals surface area (Å²) in [5.74, 6) is -1.88. The molecule has 2 atom stereocenters. The van der Waals surface area contributed by atoms with Gasteiger partial charge in [-0.25, -0.2) is 8.78 Å². The summed E-state index contributed by atoms with van der Waals surface area (Å²) in [5.41, 5.74) is 0.0205. The lowest BCUT2D eigenvalue weighted by molar-refractivity contribution is 0.135. The summed E-state index contributed by atoms with van der Waals surface area (Å²) in [5, 5.41) is 12.1. The Morgan fingerprint density at radius 1 is 1.24 bits per heavy atom. The van der Waals surface area contributed by atoms with Crippen molar-refractivity contribution >= 4 is 11.3 Å². The quantitative estimate of drug-likeness (QED) is 0.866. The SMILES string of the molecule is CC(c1cccs1)N(C)CCC(O)c1cccc(F)c1F. The molecule has 0 radical (unpaired) electrons. The van der Waals surface area contributed by atoms with E-state index in [4.69, 9.17) is 0 Å². The second-order valence-corrected chi connectivity index (χ2v) is 6.10. The van der Waals surface area contributed by atoms with E-state index in [1.807, 2.05) is 18.5 Å². The minimum Gasteiger partial charge on any atom is -0.388 e. The third-order valence-electron chi connectivity index (χ3n) is 3.71. The molecule has 0 aliphatic carbocycles. The van der Waals surface area contributed by atoms with Gasteiger partial charge in [-0.2, -0.15) is 0 Å². The summed E-state index contributed by atoms with van der Waals surface area (Å²) in [6, 6.07) is 8.18. The summed E-state index contributed by atoms with van der Waals surface area (Å²) >= 11 is 1.68. The summed E-state index contributed by atoms with van der Waals surface area (Å²) < 4.78 is 26.8. The average molecular weight is 311 g/mol. The Bertz CT molecular complexity index is 574. The number of benzene rings is 1. The number of aliphatic hydroxyl groups excluding tert-OH is 1. The second kappa shape index (κ2) is 7.11. The van der Waals surface area contributed by atoms with Crippen molar-refractivity contribution in [2.45, 2.75) is 25.5 Å². The Kier molecular flexibility index (Phi) is 5.45. The zero-order chi connectivity index (χ0) is 15.4. The van der Waals surface area contributed by atoms with Crippen LogP contribution in [-0.2, 0) is 0 Å². The van der Waals surface area contributed by atoms with E-state index in [2.05, 4.69) is 17.9 Å². The van der Waals surface area contributed by atoms with Crippen LogP contribution in [0.1, 0.15) is 35.9 Å². The molecule has 2 rings (SSSR count). The van der Waals surface area contributed by atoms with E-state index in [0.29, 0.717) is 13.0 Å². The number of rotatable bonds is 6. The van der Waals surface area contributed by atoms with Crippen LogP contribution < -0.4 is 0 Å². The Morgan fingerprint density at radius 2 is 2.00 bits per heavy atom. The van der Waals surface area contributed by atoms with Gasteiger partial charge in [0.2, 0.25) is 0 Å². The van der Waals surface area contributed by atoms with Crippen LogP contribution in [0.4, 0.5) is 8.78 Å². The van der Waals surface area contributed by atoms with Crippen LogP contribution in [0.5, 0.6) is 0 Å². The van der Waals surface area contributed by atoms with Gasteiger partial charge in [0.1, 0.15) is 0 Å². The van der Waals surface area contributed by atoms with Gasteiger partial charge in [-0.05, 0) is 37.9 Å². The van der Waals surface area contributed by atoms with Crippen molar-refractivity contribution in [2.75, 3.05) is 13.6 Å². The van der Waals surface area contributed by atoms with E-state index in [1.54, 1.807) is 11.3 Å². The molecule has 114 valence electrons. The highest BCUT2D eigenvalue weighted by molar-refractivity contribution is 7.10. The maximum Gasteiger partial charge on any atom is 0.164 e. The number of nitrogens with zero attached hydrogens (tertiary/aromatic N) is 1. The van der Waals surface area contributed by atoms with Gasteiger partial charge in [-0.1, -0.05) is 18.2 Å². The molecule has 0 spiro atoms. The van der Waals surface area contributed by atoms with Crippen LogP contribution in [0, 0.1) is 11.6 Å². The monoisotopic (exact) mass is 311 g/mol. The number of thiophene rings is 1. The fourth-order valence-corrected chi connectivity index (χ4v) is 3.05. The molecule has 0 bridgehead atoms. The molecule has 0 fully saturated rings. The highest BCUT2D eigenvalue weighted by atomic mass is 32.1. The molecule has 1 heterocycles. The van der Waals surface area contributed by atoms with Crippen LogP contribution in [-0.4, -0.2) is 23.6 Å². The van der Waals surface area contributed by atoms with Crippen LogP contribution in [0.25, 0.3) is 0 Å². The summed E-state index contributed by atoms with van der Waals surface area (Å²) in [6.45, 7) is 2.68. The van der Waals surface area contributed by atoms with Gasteiger partial charge in [0.05, 0.1) is 6.10 Å². The zero-order valence-corrected chi connectivity index (χ0v) is 12.9. The topological polar surface area (TPSA) is 23.5 Å². The first-order valence-corrected chi connectivity index (χ1v) is 7.74. The molecule has 0 saturated carbocycles. The van der Waals surface area contributed by atoms with Gasteiger partial charge in [-0.3, -0.25) is 4.90 Å². The van der Waals surface area contributed by atoms with Crippen LogP contribution >= 0.6 is 11.3 Å². The van der Waals surface area contributed by atoms with Crippen molar-refractivity contribution in [1.82, 2.24) is 4.90 Å². The highest BCUT2D eigenvalue weighted by Crippen LogP contribution is 2.26. The van der Waals surface area contributed by atoms with Crippen molar-refractivity contribution in [3.63, 3.8) is 0 Å². The Hall–Kier alpha value is -1.30. The molecule has 5 heteroatoms. The molecule has 0 amide bonds. The third kappa shape index (κ3) is 3.87. The molecule has 2 aromatic rings. The highest BCUT2D eigenvalue weighted by Gasteiger charge is 2.18. The molecule has 21 heavy (non-hydrogen) atoms. The Morgan fingerprint density at radius 3 is 2.67 bits per heavy atom. The predicted molar refractivity (Wildman–Crippen MR) is 81.3 cm³/mol. The predicted octanol–water partition coefficient (Wildman–Crippen LogP) is 4.14. The summed E-state index contributed by atoms with van der Waals surface area (Å²) in [7, 11) is 1.96. The fraction of sp³-hybridized carbons (Fsp3) is 0.375. The largest absolute Gasteiger partial charge is 0.388 e. The smallest absolute Gasteiger partial charge is 0.164 e. The Balaban J connectivity index is 1.94. The minimum absolute atomic E-state index is 0.0205. The van der Waals surface area contributed by atoms with E-state index in [9.17, 15) is 13.9 Å². The third-order valence-corrected chi connectivity index (χ3v) is 4.75. The molecular weight excluding hydrogens is 292 g/mol. The molecule has 0 aliphatic heterocycles. The molecule has 0 aliphatic rings. The Labute approximate surface area is 127 Å². The minimum atomic E-state index is -1.00. The molecule has 2 unspecified atom stereocenters.